The highest BCUT2D eigenvalue weighted by atomic mass is 16.4. The molecule has 1 aromatic heterocycles. The molecule has 0 saturated carbocycles. The van der Waals surface area contributed by atoms with E-state index < -0.39 is 5.97 Å². The maximum atomic E-state index is 10.7. The lowest BCUT2D eigenvalue weighted by Crippen LogP contribution is -2.03. The fraction of sp³-hybridized carbons (Fsp3) is 0.167. The van der Waals surface area contributed by atoms with Crippen LogP contribution < -0.4 is 5.73 Å². The molecule has 17 heavy (non-hydrogen) atoms. The molecule has 2 rings (SSSR count). The largest absolute Gasteiger partial charge is 0.478 e. The second kappa shape index (κ2) is 4.80. The van der Waals surface area contributed by atoms with E-state index in [1.807, 2.05) is 24.3 Å². The Morgan fingerprint density at radius 2 is 2.06 bits per heavy atom. The normalized spacial score (nSPS) is 10.4. The molecular formula is C12H13N3O2. The third kappa shape index (κ3) is 2.51. The molecule has 0 fully saturated rings. The summed E-state index contributed by atoms with van der Waals surface area (Å²) in [6, 6.07) is 7.71. The quantitative estimate of drug-likeness (QED) is 0.824. The predicted molar refractivity (Wildman–Crippen MR) is 63.3 cm³/mol. The van der Waals surface area contributed by atoms with Crippen LogP contribution in [0.3, 0.4) is 0 Å². The first-order chi connectivity index (χ1) is 8.20. The highest BCUT2D eigenvalue weighted by Crippen LogP contribution is 2.10. The Bertz CT molecular complexity index is 517. The summed E-state index contributed by atoms with van der Waals surface area (Å²) in [6.45, 7) is 0.615. The summed E-state index contributed by atoms with van der Waals surface area (Å²) in [5.41, 5.74) is 7.63. The van der Waals surface area contributed by atoms with Gasteiger partial charge in [0.05, 0.1) is 17.4 Å². The first kappa shape index (κ1) is 11.3. The third-order valence-electron chi connectivity index (χ3n) is 2.46. The summed E-state index contributed by atoms with van der Waals surface area (Å²) < 4.78 is 1.54. The van der Waals surface area contributed by atoms with Crippen LogP contribution in [0.2, 0.25) is 0 Å². The van der Waals surface area contributed by atoms with E-state index in [2.05, 4.69) is 5.10 Å². The standard InChI is InChI=1S/C12H13N3O2/c13-6-5-9-1-3-11(4-2-9)15-8-10(7-14-15)12(16)17/h1-4,7-8H,5-6,13H2,(H,16,17). The second-order valence-electron chi connectivity index (χ2n) is 3.68. The monoisotopic (exact) mass is 231 g/mol. The Hall–Kier alpha value is -2.14. The lowest BCUT2D eigenvalue weighted by molar-refractivity contribution is 0.0697. The topological polar surface area (TPSA) is 81.1 Å². The zero-order valence-electron chi connectivity index (χ0n) is 9.21. The van der Waals surface area contributed by atoms with Gasteiger partial charge in [0.25, 0.3) is 0 Å². The van der Waals surface area contributed by atoms with Gasteiger partial charge in [0.15, 0.2) is 0 Å². The second-order valence-corrected chi connectivity index (χ2v) is 3.68. The fourth-order valence-electron chi connectivity index (χ4n) is 1.56. The van der Waals surface area contributed by atoms with Crippen molar-refractivity contribution in [1.29, 1.82) is 0 Å². The van der Waals surface area contributed by atoms with Crippen LogP contribution in [0.25, 0.3) is 5.69 Å². The van der Waals surface area contributed by atoms with Gasteiger partial charge in [0.1, 0.15) is 0 Å². The minimum atomic E-state index is -0.976. The van der Waals surface area contributed by atoms with E-state index in [0.717, 1.165) is 17.7 Å². The molecule has 5 nitrogen and oxygen atoms in total. The number of rotatable bonds is 4. The van der Waals surface area contributed by atoms with Crippen molar-refractivity contribution in [3.63, 3.8) is 0 Å². The van der Waals surface area contributed by atoms with Crippen LogP contribution in [-0.2, 0) is 6.42 Å². The van der Waals surface area contributed by atoms with E-state index in [-0.39, 0.29) is 5.56 Å². The summed E-state index contributed by atoms with van der Waals surface area (Å²) in [4.78, 5) is 10.7. The predicted octanol–water partition coefficient (Wildman–Crippen LogP) is 1.07. The number of hydrogen-bond acceptors (Lipinski definition) is 3. The van der Waals surface area contributed by atoms with Gasteiger partial charge in [-0.3, -0.25) is 0 Å². The van der Waals surface area contributed by atoms with Crippen molar-refractivity contribution in [3.8, 4) is 5.69 Å². The first-order valence-electron chi connectivity index (χ1n) is 5.28. The van der Waals surface area contributed by atoms with Gasteiger partial charge in [-0.15, -0.1) is 0 Å². The average Bonchev–Trinajstić information content (AvgIpc) is 2.80. The van der Waals surface area contributed by atoms with Crippen molar-refractivity contribution in [2.75, 3.05) is 6.54 Å². The lowest BCUT2D eigenvalue weighted by Gasteiger charge is -2.02. The molecule has 0 atom stereocenters. The van der Waals surface area contributed by atoms with E-state index in [0.29, 0.717) is 6.54 Å². The van der Waals surface area contributed by atoms with E-state index in [4.69, 9.17) is 10.8 Å². The minimum Gasteiger partial charge on any atom is -0.478 e. The van der Waals surface area contributed by atoms with Crippen molar-refractivity contribution in [2.45, 2.75) is 6.42 Å². The van der Waals surface area contributed by atoms with Crippen molar-refractivity contribution >= 4 is 5.97 Å². The molecule has 88 valence electrons. The number of aromatic nitrogens is 2. The van der Waals surface area contributed by atoms with Crippen molar-refractivity contribution in [1.82, 2.24) is 9.78 Å². The molecule has 0 amide bonds. The van der Waals surface area contributed by atoms with Gasteiger partial charge in [-0.2, -0.15) is 5.10 Å². The summed E-state index contributed by atoms with van der Waals surface area (Å²) in [6.07, 6.45) is 3.65. The van der Waals surface area contributed by atoms with Crippen LogP contribution in [0.1, 0.15) is 15.9 Å². The Kier molecular flexibility index (Phi) is 3.20. The van der Waals surface area contributed by atoms with E-state index >= 15 is 0 Å². The van der Waals surface area contributed by atoms with Gasteiger partial charge in [0.2, 0.25) is 0 Å². The molecule has 2 aromatic rings. The van der Waals surface area contributed by atoms with Gasteiger partial charge in [-0.05, 0) is 30.7 Å². The minimum absolute atomic E-state index is 0.177. The smallest absolute Gasteiger partial charge is 0.338 e. The SMILES string of the molecule is NCCc1ccc(-n2cc(C(=O)O)cn2)cc1. The van der Waals surface area contributed by atoms with E-state index in [1.165, 1.54) is 17.1 Å². The number of nitrogens with zero attached hydrogens (tertiary/aromatic N) is 2. The number of hydrogen-bond donors (Lipinski definition) is 2. The number of nitrogens with two attached hydrogens (primary N) is 1. The van der Waals surface area contributed by atoms with Crippen LogP contribution in [-0.4, -0.2) is 27.4 Å². The van der Waals surface area contributed by atoms with E-state index in [9.17, 15) is 4.79 Å². The molecular weight excluding hydrogens is 218 g/mol. The average molecular weight is 231 g/mol. The van der Waals surface area contributed by atoms with Crippen LogP contribution in [0.5, 0.6) is 0 Å². The molecule has 5 heteroatoms. The summed E-state index contributed by atoms with van der Waals surface area (Å²) in [5.74, 6) is -0.976. The molecule has 1 aromatic carbocycles. The number of carboxylic acid groups (broad SMARTS) is 1. The maximum absolute atomic E-state index is 10.7. The number of aromatic carboxylic acids is 1. The molecule has 0 saturated heterocycles. The maximum Gasteiger partial charge on any atom is 0.338 e. The molecule has 0 unspecified atom stereocenters. The molecule has 3 N–H and O–H groups in total. The first-order valence-corrected chi connectivity index (χ1v) is 5.28. The van der Waals surface area contributed by atoms with Gasteiger partial charge in [0, 0.05) is 6.20 Å². The Morgan fingerprint density at radius 3 is 2.59 bits per heavy atom. The Morgan fingerprint density at radius 1 is 1.35 bits per heavy atom. The highest BCUT2D eigenvalue weighted by molar-refractivity contribution is 5.86. The zero-order valence-corrected chi connectivity index (χ0v) is 9.21. The molecule has 0 spiro atoms. The van der Waals surface area contributed by atoms with Crippen LogP contribution >= 0.6 is 0 Å². The van der Waals surface area contributed by atoms with Gasteiger partial charge >= 0.3 is 5.97 Å². The Labute approximate surface area is 98.5 Å². The van der Waals surface area contributed by atoms with Gasteiger partial charge in [-0.25, -0.2) is 9.48 Å². The van der Waals surface area contributed by atoms with Gasteiger partial charge in [-0.1, -0.05) is 12.1 Å². The zero-order chi connectivity index (χ0) is 12.3. The highest BCUT2D eigenvalue weighted by Gasteiger charge is 2.06. The molecule has 0 radical (unpaired) electrons. The van der Waals surface area contributed by atoms with Crippen LogP contribution in [0.15, 0.2) is 36.7 Å². The van der Waals surface area contributed by atoms with Crippen LogP contribution in [0.4, 0.5) is 0 Å². The molecule has 0 aliphatic carbocycles. The summed E-state index contributed by atoms with van der Waals surface area (Å²) in [5, 5.41) is 12.8. The number of benzene rings is 1. The van der Waals surface area contributed by atoms with Crippen molar-refractivity contribution in [3.05, 3.63) is 47.8 Å². The Balaban J connectivity index is 2.23. The third-order valence-corrected chi connectivity index (χ3v) is 2.46. The number of carboxylic acids is 1. The lowest BCUT2D eigenvalue weighted by atomic mass is 10.1. The molecule has 1 heterocycles. The van der Waals surface area contributed by atoms with Crippen molar-refractivity contribution < 1.29 is 9.90 Å². The van der Waals surface area contributed by atoms with Crippen LogP contribution in [0, 0.1) is 0 Å². The molecule has 0 bridgehead atoms. The van der Waals surface area contributed by atoms with E-state index in [1.54, 1.807) is 0 Å². The fourth-order valence-corrected chi connectivity index (χ4v) is 1.56. The van der Waals surface area contributed by atoms with Crippen molar-refractivity contribution in [2.24, 2.45) is 5.73 Å². The number of carbonyl (C=O) groups is 1. The van der Waals surface area contributed by atoms with Gasteiger partial charge < -0.3 is 10.8 Å². The summed E-state index contributed by atoms with van der Waals surface area (Å²) >= 11 is 0. The molecule has 0 aliphatic heterocycles. The summed E-state index contributed by atoms with van der Waals surface area (Å²) in [7, 11) is 0. The molecule has 0 aliphatic rings.